The number of carbonyl (C=O) groups excluding carboxylic acids is 2. The summed E-state index contributed by atoms with van der Waals surface area (Å²) in [6.45, 7) is 1.85. The van der Waals surface area contributed by atoms with E-state index in [-0.39, 0.29) is 24.5 Å². The zero-order valence-corrected chi connectivity index (χ0v) is 14.7. The number of nitriles is 1. The Balaban J connectivity index is 1.82. The van der Waals surface area contributed by atoms with Crippen molar-refractivity contribution in [2.75, 3.05) is 5.01 Å². The summed E-state index contributed by atoms with van der Waals surface area (Å²) in [5.74, 6) is -0.552. The Morgan fingerprint density at radius 1 is 1.23 bits per heavy atom. The van der Waals surface area contributed by atoms with E-state index >= 15 is 0 Å². The van der Waals surface area contributed by atoms with Crippen LogP contribution in [0.5, 0.6) is 5.75 Å². The second-order valence-electron chi connectivity index (χ2n) is 5.71. The average molecular weight is 368 g/mol. The number of rotatable bonds is 3. The molecule has 0 aromatic heterocycles. The Hall–Kier alpha value is -3.17. The molecule has 130 valence electrons. The molecular formula is C19H14ClN3O3. The van der Waals surface area contributed by atoms with E-state index in [0.717, 1.165) is 5.56 Å². The quantitative estimate of drug-likeness (QED) is 0.612. The number of hydrazone groups is 1. The van der Waals surface area contributed by atoms with Gasteiger partial charge in [0.15, 0.2) is 0 Å². The van der Waals surface area contributed by atoms with Gasteiger partial charge in [0.25, 0.3) is 0 Å². The number of esters is 1. The maximum Gasteiger partial charge on any atom is 0.359 e. The monoisotopic (exact) mass is 367 g/mol. The van der Waals surface area contributed by atoms with Gasteiger partial charge in [-0.2, -0.15) is 10.4 Å². The zero-order valence-electron chi connectivity index (χ0n) is 13.9. The van der Waals surface area contributed by atoms with E-state index in [4.69, 9.17) is 21.6 Å². The molecule has 0 unspecified atom stereocenters. The fraction of sp³-hybridized carbons (Fsp3) is 0.158. The summed E-state index contributed by atoms with van der Waals surface area (Å²) in [5, 5.41) is 14.6. The number of carbonyl (C=O) groups is 2. The van der Waals surface area contributed by atoms with Crippen molar-refractivity contribution in [3.05, 3.63) is 58.6 Å². The lowest BCUT2D eigenvalue weighted by Crippen LogP contribution is -2.35. The Morgan fingerprint density at radius 2 is 1.96 bits per heavy atom. The number of ether oxygens (including phenoxy) is 1. The van der Waals surface area contributed by atoms with Gasteiger partial charge in [-0.15, -0.1) is 0 Å². The van der Waals surface area contributed by atoms with Gasteiger partial charge >= 0.3 is 5.97 Å². The van der Waals surface area contributed by atoms with E-state index in [2.05, 4.69) is 5.10 Å². The molecule has 1 heterocycles. The zero-order chi connectivity index (χ0) is 18.7. The van der Waals surface area contributed by atoms with E-state index < -0.39 is 5.97 Å². The molecule has 7 heteroatoms. The van der Waals surface area contributed by atoms with Gasteiger partial charge < -0.3 is 4.74 Å². The molecule has 2 aromatic rings. The highest BCUT2D eigenvalue weighted by Gasteiger charge is 2.27. The fourth-order valence-electron chi connectivity index (χ4n) is 2.38. The lowest BCUT2D eigenvalue weighted by Gasteiger charge is -2.23. The molecule has 0 spiro atoms. The van der Waals surface area contributed by atoms with Crippen LogP contribution in [0.2, 0.25) is 5.02 Å². The maximum absolute atomic E-state index is 12.3. The van der Waals surface area contributed by atoms with Gasteiger partial charge in [0.1, 0.15) is 11.5 Å². The van der Waals surface area contributed by atoms with Gasteiger partial charge in [-0.3, -0.25) is 4.79 Å². The van der Waals surface area contributed by atoms with Crippen LogP contribution in [0, 0.1) is 18.3 Å². The molecule has 0 atom stereocenters. The predicted octanol–water partition coefficient (Wildman–Crippen LogP) is 3.61. The number of amides is 1. The van der Waals surface area contributed by atoms with Gasteiger partial charge in [0, 0.05) is 17.9 Å². The summed E-state index contributed by atoms with van der Waals surface area (Å²) >= 11 is 6.11. The topological polar surface area (TPSA) is 82.8 Å². The molecule has 0 aliphatic carbocycles. The van der Waals surface area contributed by atoms with Crippen LogP contribution < -0.4 is 9.75 Å². The van der Waals surface area contributed by atoms with E-state index in [9.17, 15) is 9.59 Å². The minimum Gasteiger partial charge on any atom is -0.422 e. The van der Waals surface area contributed by atoms with Crippen molar-refractivity contribution in [1.29, 1.82) is 5.26 Å². The summed E-state index contributed by atoms with van der Waals surface area (Å²) in [4.78, 5) is 24.5. The van der Waals surface area contributed by atoms with Crippen molar-refractivity contribution >= 4 is 34.9 Å². The Bertz CT molecular complexity index is 945. The molecule has 0 fully saturated rings. The first-order valence-electron chi connectivity index (χ1n) is 7.87. The van der Waals surface area contributed by atoms with Gasteiger partial charge in [0.05, 0.1) is 17.3 Å². The van der Waals surface area contributed by atoms with Crippen LogP contribution in [0.25, 0.3) is 0 Å². The normalized spacial score (nSPS) is 13.8. The van der Waals surface area contributed by atoms with Crippen molar-refractivity contribution in [1.82, 2.24) is 0 Å². The molecule has 1 aliphatic heterocycles. The fourth-order valence-corrected chi connectivity index (χ4v) is 2.55. The van der Waals surface area contributed by atoms with Crippen LogP contribution in [0.3, 0.4) is 0 Å². The maximum atomic E-state index is 12.3. The number of nitrogens with zero attached hydrogens (tertiary/aromatic N) is 3. The lowest BCUT2D eigenvalue weighted by molar-refractivity contribution is -0.127. The van der Waals surface area contributed by atoms with Crippen molar-refractivity contribution < 1.29 is 14.3 Å². The number of hydrogen-bond acceptors (Lipinski definition) is 5. The van der Waals surface area contributed by atoms with Crippen LogP contribution in [0.4, 0.5) is 5.69 Å². The van der Waals surface area contributed by atoms with Crippen LogP contribution in [-0.2, 0) is 9.59 Å². The number of benzene rings is 2. The van der Waals surface area contributed by atoms with E-state index in [1.54, 1.807) is 30.3 Å². The van der Waals surface area contributed by atoms with Crippen molar-refractivity contribution in [3.8, 4) is 11.8 Å². The molecule has 0 bridgehead atoms. The lowest BCUT2D eigenvalue weighted by atomic mass is 10.1. The first kappa shape index (κ1) is 17.6. The summed E-state index contributed by atoms with van der Waals surface area (Å²) in [6.07, 6.45) is 0.344. The minimum absolute atomic E-state index is 0.144. The Kier molecular flexibility index (Phi) is 5.01. The highest BCUT2D eigenvalue weighted by molar-refractivity contribution is 6.38. The second-order valence-corrected chi connectivity index (χ2v) is 6.12. The number of anilines is 1. The van der Waals surface area contributed by atoms with Crippen molar-refractivity contribution in [3.63, 3.8) is 0 Å². The Morgan fingerprint density at radius 3 is 2.62 bits per heavy atom. The molecule has 0 N–H and O–H groups in total. The molecule has 26 heavy (non-hydrogen) atoms. The SMILES string of the molecule is Cc1ccc(N2N=C(C(=O)Oc3ccc(C#N)cc3)CCC2=O)cc1Cl. The third-order valence-corrected chi connectivity index (χ3v) is 4.27. The van der Waals surface area contributed by atoms with Gasteiger partial charge in [0.2, 0.25) is 5.91 Å². The van der Waals surface area contributed by atoms with E-state index in [1.807, 2.05) is 13.0 Å². The van der Waals surface area contributed by atoms with Crippen LogP contribution in [-0.4, -0.2) is 17.6 Å². The molecule has 3 rings (SSSR count). The van der Waals surface area contributed by atoms with Gasteiger partial charge in [-0.05, 0) is 48.9 Å². The Labute approximate surface area is 155 Å². The molecule has 2 aromatic carbocycles. The van der Waals surface area contributed by atoms with Crippen molar-refractivity contribution in [2.45, 2.75) is 19.8 Å². The minimum atomic E-state index is -0.634. The first-order valence-corrected chi connectivity index (χ1v) is 8.24. The molecule has 1 aliphatic rings. The molecule has 0 radical (unpaired) electrons. The van der Waals surface area contributed by atoms with Crippen LogP contribution in [0.1, 0.15) is 24.0 Å². The summed E-state index contributed by atoms with van der Waals surface area (Å²) in [7, 11) is 0. The average Bonchev–Trinajstić information content (AvgIpc) is 2.65. The van der Waals surface area contributed by atoms with E-state index in [0.29, 0.717) is 22.0 Å². The first-order chi connectivity index (χ1) is 12.5. The van der Waals surface area contributed by atoms with Crippen LogP contribution >= 0.6 is 11.6 Å². The number of hydrogen-bond donors (Lipinski definition) is 0. The predicted molar refractivity (Wildman–Crippen MR) is 97.1 cm³/mol. The smallest absolute Gasteiger partial charge is 0.359 e. The summed E-state index contributed by atoms with van der Waals surface area (Å²) in [6, 6.07) is 13.3. The van der Waals surface area contributed by atoms with Gasteiger partial charge in [-0.1, -0.05) is 17.7 Å². The largest absolute Gasteiger partial charge is 0.422 e. The third kappa shape index (κ3) is 3.73. The summed E-state index contributed by atoms with van der Waals surface area (Å²) in [5.41, 5.74) is 1.98. The van der Waals surface area contributed by atoms with Gasteiger partial charge in [-0.25, -0.2) is 9.80 Å². The number of aryl methyl sites for hydroxylation is 1. The highest BCUT2D eigenvalue weighted by atomic mass is 35.5. The van der Waals surface area contributed by atoms with Crippen molar-refractivity contribution in [2.24, 2.45) is 5.10 Å². The van der Waals surface area contributed by atoms with Crippen LogP contribution in [0.15, 0.2) is 47.6 Å². The van der Waals surface area contributed by atoms with E-state index in [1.165, 1.54) is 17.1 Å². The molecule has 0 saturated carbocycles. The summed E-state index contributed by atoms with van der Waals surface area (Å²) < 4.78 is 5.27. The third-order valence-electron chi connectivity index (χ3n) is 3.86. The standard InChI is InChI=1S/C19H14ClN3O3/c1-12-2-5-14(10-16(12)20)23-18(24)9-8-17(22-23)19(25)26-15-6-3-13(11-21)4-7-15/h2-7,10H,8-9H2,1H3. The molecule has 6 nitrogen and oxygen atoms in total. The molecule has 0 saturated heterocycles. The molecule has 1 amide bonds. The number of halogens is 1. The highest BCUT2D eigenvalue weighted by Crippen LogP contribution is 2.26. The second kappa shape index (κ2) is 7.38. The molecular weight excluding hydrogens is 354 g/mol.